The highest BCUT2D eigenvalue weighted by molar-refractivity contribution is 7.89. The van der Waals surface area contributed by atoms with Gasteiger partial charge in [0.15, 0.2) is 0 Å². The number of primary sulfonamides is 1. The number of halogens is 3. The van der Waals surface area contributed by atoms with Crippen molar-refractivity contribution in [2.45, 2.75) is 25.1 Å². The Bertz CT molecular complexity index is 611. The number of hydrogen-bond donors (Lipinski definition) is 2. The molecule has 1 aliphatic heterocycles. The van der Waals surface area contributed by atoms with Crippen LogP contribution in [0.4, 0.5) is 13.2 Å². The SMILES string of the molecule is NS(=O)(=O)CC[C@H](Oc1ccc(C(F)(F)F)cc1)[C@H]1CCNC1. The van der Waals surface area contributed by atoms with Crippen LogP contribution in [0.5, 0.6) is 5.75 Å². The molecular weight excluding hydrogens is 333 g/mol. The minimum absolute atomic E-state index is 0.0963. The third-order valence-corrected chi connectivity index (χ3v) is 4.58. The number of rotatable bonds is 6. The molecule has 3 N–H and O–H groups in total. The van der Waals surface area contributed by atoms with Gasteiger partial charge in [-0.1, -0.05) is 0 Å². The van der Waals surface area contributed by atoms with Gasteiger partial charge in [0.2, 0.25) is 10.0 Å². The molecule has 0 bridgehead atoms. The molecule has 1 aromatic carbocycles. The van der Waals surface area contributed by atoms with E-state index in [1.807, 2.05) is 0 Å². The number of nitrogens with two attached hydrogens (primary N) is 1. The summed E-state index contributed by atoms with van der Waals surface area (Å²) in [5, 5.41) is 8.17. The van der Waals surface area contributed by atoms with Crippen molar-refractivity contribution in [3.63, 3.8) is 0 Å². The van der Waals surface area contributed by atoms with Crippen molar-refractivity contribution in [1.29, 1.82) is 0 Å². The topological polar surface area (TPSA) is 81.4 Å². The zero-order chi connectivity index (χ0) is 17.1. The van der Waals surface area contributed by atoms with Crippen molar-refractivity contribution in [2.24, 2.45) is 11.1 Å². The van der Waals surface area contributed by atoms with Gasteiger partial charge in [0.05, 0.1) is 11.3 Å². The van der Waals surface area contributed by atoms with Crippen LogP contribution in [0, 0.1) is 5.92 Å². The number of nitrogens with one attached hydrogen (secondary N) is 1. The van der Waals surface area contributed by atoms with E-state index in [-0.39, 0.29) is 23.8 Å². The molecule has 1 aliphatic rings. The predicted molar refractivity (Wildman–Crippen MR) is 79.4 cm³/mol. The first-order valence-electron chi connectivity index (χ1n) is 7.20. The van der Waals surface area contributed by atoms with Crippen LogP contribution in [0.25, 0.3) is 0 Å². The van der Waals surface area contributed by atoms with Crippen molar-refractivity contribution < 1.29 is 26.3 Å². The van der Waals surface area contributed by atoms with Crippen LogP contribution in [-0.2, 0) is 16.2 Å². The van der Waals surface area contributed by atoms with Crippen molar-refractivity contribution in [1.82, 2.24) is 5.32 Å². The predicted octanol–water partition coefficient (Wildman–Crippen LogP) is 1.74. The second-order valence-electron chi connectivity index (χ2n) is 5.59. The maximum absolute atomic E-state index is 12.6. The first kappa shape index (κ1) is 18.0. The van der Waals surface area contributed by atoms with Gasteiger partial charge in [0.25, 0.3) is 0 Å². The Balaban J connectivity index is 2.07. The van der Waals surface area contributed by atoms with Crippen LogP contribution >= 0.6 is 0 Å². The summed E-state index contributed by atoms with van der Waals surface area (Å²) in [6.07, 6.45) is -3.80. The lowest BCUT2D eigenvalue weighted by molar-refractivity contribution is -0.137. The fourth-order valence-corrected chi connectivity index (χ4v) is 3.12. The van der Waals surface area contributed by atoms with E-state index in [0.29, 0.717) is 6.54 Å². The molecule has 0 amide bonds. The van der Waals surface area contributed by atoms with E-state index in [1.165, 1.54) is 12.1 Å². The fraction of sp³-hybridized carbons (Fsp3) is 0.571. The van der Waals surface area contributed by atoms with E-state index in [0.717, 1.165) is 25.1 Å². The second kappa shape index (κ2) is 7.06. The third kappa shape index (κ3) is 5.67. The molecule has 1 saturated heterocycles. The Labute approximate surface area is 133 Å². The maximum atomic E-state index is 12.6. The van der Waals surface area contributed by atoms with Crippen molar-refractivity contribution in [3.8, 4) is 5.75 Å². The minimum atomic E-state index is -4.40. The standard InChI is InChI=1S/C14H19F3N2O3S/c15-14(16,17)11-1-3-12(4-2-11)22-13(6-8-23(18,20)21)10-5-7-19-9-10/h1-4,10,13,19H,5-9H2,(H2,18,20,21)/t10-,13-/m0/s1. The second-order valence-corrected chi connectivity index (χ2v) is 7.32. The lowest BCUT2D eigenvalue weighted by Gasteiger charge is -2.24. The molecule has 23 heavy (non-hydrogen) atoms. The Morgan fingerprint density at radius 1 is 1.30 bits per heavy atom. The fourth-order valence-electron chi connectivity index (χ4n) is 2.56. The quantitative estimate of drug-likeness (QED) is 0.817. The summed E-state index contributed by atoms with van der Waals surface area (Å²) in [5.74, 6) is 0.151. The summed E-state index contributed by atoms with van der Waals surface area (Å²) in [6, 6.07) is 4.38. The number of sulfonamides is 1. The Kier molecular flexibility index (Phi) is 5.53. The van der Waals surface area contributed by atoms with E-state index in [9.17, 15) is 21.6 Å². The van der Waals surface area contributed by atoms with E-state index >= 15 is 0 Å². The highest BCUT2D eigenvalue weighted by Gasteiger charge is 2.31. The summed E-state index contributed by atoms with van der Waals surface area (Å²) in [6.45, 7) is 1.48. The zero-order valence-corrected chi connectivity index (χ0v) is 13.2. The largest absolute Gasteiger partial charge is 0.490 e. The van der Waals surface area contributed by atoms with Crippen LogP contribution in [-0.4, -0.2) is 33.4 Å². The molecule has 2 atom stereocenters. The van der Waals surface area contributed by atoms with E-state index in [4.69, 9.17) is 9.88 Å². The van der Waals surface area contributed by atoms with E-state index in [2.05, 4.69) is 5.32 Å². The molecule has 9 heteroatoms. The molecular formula is C14H19F3N2O3S. The normalized spacial score (nSPS) is 20.4. The van der Waals surface area contributed by atoms with Gasteiger partial charge in [-0.25, -0.2) is 13.6 Å². The van der Waals surface area contributed by atoms with Gasteiger partial charge in [-0.15, -0.1) is 0 Å². The highest BCUT2D eigenvalue weighted by Crippen LogP contribution is 2.31. The lowest BCUT2D eigenvalue weighted by atomic mass is 9.99. The van der Waals surface area contributed by atoms with Gasteiger partial charge in [-0.3, -0.25) is 0 Å². The van der Waals surface area contributed by atoms with Gasteiger partial charge in [-0.05, 0) is 43.7 Å². The van der Waals surface area contributed by atoms with Crippen molar-refractivity contribution in [2.75, 3.05) is 18.8 Å². The van der Waals surface area contributed by atoms with Crippen LogP contribution in [0.1, 0.15) is 18.4 Å². The van der Waals surface area contributed by atoms with E-state index in [1.54, 1.807) is 0 Å². The number of hydrogen-bond acceptors (Lipinski definition) is 4. The molecule has 0 unspecified atom stereocenters. The third-order valence-electron chi connectivity index (χ3n) is 3.78. The lowest BCUT2D eigenvalue weighted by Crippen LogP contribution is -2.32. The molecule has 0 spiro atoms. The molecule has 0 aromatic heterocycles. The van der Waals surface area contributed by atoms with Crippen LogP contribution in [0.3, 0.4) is 0 Å². The molecule has 1 heterocycles. The average Bonchev–Trinajstić information content (AvgIpc) is 2.96. The van der Waals surface area contributed by atoms with Gasteiger partial charge in [0, 0.05) is 12.5 Å². The zero-order valence-electron chi connectivity index (χ0n) is 12.3. The van der Waals surface area contributed by atoms with Gasteiger partial charge >= 0.3 is 6.18 Å². The average molecular weight is 352 g/mol. The first-order valence-corrected chi connectivity index (χ1v) is 8.92. The van der Waals surface area contributed by atoms with Crippen LogP contribution < -0.4 is 15.2 Å². The van der Waals surface area contributed by atoms with Crippen LogP contribution in [0.2, 0.25) is 0 Å². The molecule has 130 valence electrons. The summed E-state index contributed by atoms with van der Waals surface area (Å²) >= 11 is 0. The minimum Gasteiger partial charge on any atom is -0.490 e. The molecule has 0 radical (unpaired) electrons. The monoisotopic (exact) mass is 352 g/mol. The molecule has 0 saturated carbocycles. The van der Waals surface area contributed by atoms with Gasteiger partial charge < -0.3 is 10.1 Å². The number of benzene rings is 1. The van der Waals surface area contributed by atoms with Crippen molar-refractivity contribution >= 4 is 10.0 Å². The van der Waals surface area contributed by atoms with Gasteiger partial charge in [-0.2, -0.15) is 13.2 Å². The number of ether oxygens (including phenoxy) is 1. The molecule has 1 fully saturated rings. The Morgan fingerprint density at radius 2 is 1.96 bits per heavy atom. The van der Waals surface area contributed by atoms with Crippen molar-refractivity contribution in [3.05, 3.63) is 29.8 Å². The first-order chi connectivity index (χ1) is 10.6. The Hall–Kier alpha value is -1.32. The number of alkyl halides is 3. The van der Waals surface area contributed by atoms with Gasteiger partial charge in [0.1, 0.15) is 11.9 Å². The van der Waals surface area contributed by atoms with E-state index < -0.39 is 27.9 Å². The summed E-state index contributed by atoms with van der Waals surface area (Å²) < 4.78 is 65.7. The highest BCUT2D eigenvalue weighted by atomic mass is 32.2. The maximum Gasteiger partial charge on any atom is 0.416 e. The summed E-state index contributed by atoms with van der Waals surface area (Å²) in [5.41, 5.74) is -0.756. The smallest absolute Gasteiger partial charge is 0.416 e. The van der Waals surface area contributed by atoms with Crippen LogP contribution in [0.15, 0.2) is 24.3 Å². The Morgan fingerprint density at radius 3 is 2.43 bits per heavy atom. The molecule has 1 aromatic rings. The molecule has 0 aliphatic carbocycles. The molecule has 5 nitrogen and oxygen atoms in total. The summed E-state index contributed by atoms with van der Waals surface area (Å²) in [7, 11) is -3.62. The summed E-state index contributed by atoms with van der Waals surface area (Å²) in [4.78, 5) is 0. The molecule has 2 rings (SSSR count).